The molecular weight excluding hydrogens is 448 g/mol. The molecule has 0 bridgehead atoms. The fourth-order valence-corrected chi connectivity index (χ4v) is 7.92. The van der Waals surface area contributed by atoms with Gasteiger partial charge in [0.05, 0.1) is 0 Å². The molecule has 0 aliphatic rings. The van der Waals surface area contributed by atoms with Crippen LogP contribution < -0.4 is 0 Å². The van der Waals surface area contributed by atoms with Crippen LogP contribution in [0.2, 0.25) is 0 Å². The summed E-state index contributed by atoms with van der Waals surface area (Å²) in [6.45, 7) is 8.97. The van der Waals surface area contributed by atoms with Gasteiger partial charge in [0.15, 0.2) is 0 Å². The lowest BCUT2D eigenvalue weighted by molar-refractivity contribution is 0.895. The first kappa shape index (κ1) is 24.7. The molecule has 0 heterocycles. The maximum atomic E-state index is 2.32. The summed E-state index contributed by atoms with van der Waals surface area (Å²) in [6, 6.07) is 35.7. The Morgan fingerprint density at radius 2 is 0.941 bits per heavy atom. The molecule has 0 aliphatic carbocycles. The molecule has 0 unspecified atom stereocenters. The van der Waals surface area contributed by atoms with E-state index in [0.717, 1.165) is 12.8 Å². The molecule has 0 amide bonds. The van der Waals surface area contributed by atoms with Crippen LogP contribution in [0.15, 0.2) is 97.1 Å². The van der Waals surface area contributed by atoms with Crippen molar-refractivity contribution in [2.75, 3.05) is 0 Å². The predicted molar refractivity (Wildman–Crippen MR) is 154 cm³/mol. The monoisotopic (exact) mass is 482 g/mol. The van der Waals surface area contributed by atoms with E-state index in [1.54, 1.807) is 0 Å². The Kier molecular flexibility index (Phi) is 8.59. The summed E-state index contributed by atoms with van der Waals surface area (Å²) in [7, 11) is 4.08. The van der Waals surface area contributed by atoms with Crippen LogP contribution in [0.5, 0.6) is 0 Å². The van der Waals surface area contributed by atoms with Crippen molar-refractivity contribution >= 4 is 21.6 Å². The van der Waals surface area contributed by atoms with Crippen molar-refractivity contribution in [1.82, 2.24) is 0 Å². The quantitative estimate of drug-likeness (QED) is 0.218. The van der Waals surface area contributed by atoms with E-state index in [0.29, 0.717) is 10.5 Å². The van der Waals surface area contributed by atoms with Gasteiger partial charge < -0.3 is 0 Å². The minimum atomic E-state index is 0.446. The Labute approximate surface area is 213 Å². The number of rotatable bonds is 9. The van der Waals surface area contributed by atoms with Gasteiger partial charge in [-0.25, -0.2) is 0 Å². The smallest absolute Gasteiger partial charge is 0.0404 e. The third-order valence-corrected chi connectivity index (χ3v) is 9.78. The normalized spacial score (nSPS) is 12.9. The largest absolute Gasteiger partial charge is 0.0853 e. The summed E-state index contributed by atoms with van der Waals surface area (Å²) in [5.41, 5.74) is 10.8. The Bertz CT molecular complexity index is 1130. The van der Waals surface area contributed by atoms with Crippen LogP contribution in [-0.4, -0.2) is 0 Å². The van der Waals surface area contributed by atoms with Gasteiger partial charge in [0.1, 0.15) is 0 Å². The Morgan fingerprint density at radius 3 is 1.32 bits per heavy atom. The van der Waals surface area contributed by atoms with Crippen molar-refractivity contribution in [3.63, 3.8) is 0 Å². The number of aryl methyl sites for hydroxylation is 2. The molecule has 0 saturated carbocycles. The molecule has 0 aromatic heterocycles. The molecule has 34 heavy (non-hydrogen) atoms. The topological polar surface area (TPSA) is 0 Å². The van der Waals surface area contributed by atoms with E-state index in [1.807, 2.05) is 21.6 Å². The van der Waals surface area contributed by atoms with E-state index < -0.39 is 0 Å². The van der Waals surface area contributed by atoms with Crippen LogP contribution in [0.4, 0.5) is 0 Å². The highest BCUT2D eigenvalue weighted by atomic mass is 33.1. The van der Waals surface area contributed by atoms with Crippen LogP contribution in [0.1, 0.15) is 59.4 Å². The van der Waals surface area contributed by atoms with Gasteiger partial charge in [0.25, 0.3) is 0 Å². The predicted octanol–water partition coefficient (Wildman–Crippen LogP) is 10.6. The average molecular weight is 483 g/mol. The molecule has 4 rings (SSSR count). The Hall–Kier alpha value is -2.42. The lowest BCUT2D eigenvalue weighted by Crippen LogP contribution is -1.98. The van der Waals surface area contributed by atoms with E-state index in [1.165, 1.54) is 44.5 Å². The lowest BCUT2D eigenvalue weighted by atomic mass is 9.95. The SMILES string of the molecule is CC[C@@H](SS[C@H](CC)c1ccccc1-c1cccc(C)c1)c1ccccc1-c1cccc(C)c1. The summed E-state index contributed by atoms with van der Waals surface area (Å²) in [6.07, 6.45) is 2.22. The minimum Gasteiger partial charge on any atom is -0.0853 e. The van der Waals surface area contributed by atoms with Crippen molar-refractivity contribution in [3.8, 4) is 22.3 Å². The number of hydrogen-bond donors (Lipinski definition) is 0. The molecule has 2 heteroatoms. The van der Waals surface area contributed by atoms with Gasteiger partial charge in [-0.2, -0.15) is 0 Å². The highest BCUT2D eigenvalue weighted by Crippen LogP contribution is 2.51. The van der Waals surface area contributed by atoms with E-state index in [-0.39, 0.29) is 0 Å². The molecule has 4 aromatic carbocycles. The summed E-state index contributed by atoms with van der Waals surface area (Å²) >= 11 is 0. The molecular formula is C32H34S2. The molecule has 4 aromatic rings. The summed E-state index contributed by atoms with van der Waals surface area (Å²) in [5, 5.41) is 0.892. The Balaban J connectivity index is 1.60. The first-order chi connectivity index (χ1) is 16.6. The van der Waals surface area contributed by atoms with Gasteiger partial charge in [0, 0.05) is 10.5 Å². The molecule has 0 spiro atoms. The van der Waals surface area contributed by atoms with Crippen molar-refractivity contribution in [2.24, 2.45) is 0 Å². The molecule has 0 saturated heterocycles. The second-order valence-electron chi connectivity index (χ2n) is 8.90. The van der Waals surface area contributed by atoms with Crippen LogP contribution in [0.25, 0.3) is 22.3 Å². The van der Waals surface area contributed by atoms with Crippen LogP contribution in [0, 0.1) is 13.8 Å². The van der Waals surface area contributed by atoms with Crippen molar-refractivity contribution < 1.29 is 0 Å². The summed E-state index contributed by atoms with van der Waals surface area (Å²) < 4.78 is 0. The van der Waals surface area contributed by atoms with Crippen LogP contribution in [0.3, 0.4) is 0 Å². The first-order valence-electron chi connectivity index (χ1n) is 12.2. The molecule has 0 fully saturated rings. The summed E-state index contributed by atoms with van der Waals surface area (Å²) in [4.78, 5) is 0. The van der Waals surface area contributed by atoms with Gasteiger partial charge in [-0.3, -0.25) is 0 Å². The lowest BCUT2D eigenvalue weighted by Gasteiger charge is -2.23. The zero-order chi connectivity index (χ0) is 23.9. The maximum Gasteiger partial charge on any atom is 0.0404 e. The van der Waals surface area contributed by atoms with Gasteiger partial charge in [-0.05, 0) is 60.1 Å². The standard InChI is InChI=1S/C32H34S2/c1-5-31(29-19-9-7-17-27(29)25-15-11-13-23(3)21-25)33-34-32(6-2)30-20-10-8-18-28(30)26-16-12-14-24(4)22-26/h7-22,31-32H,5-6H2,1-4H3/t31-,32-/m1/s1. The van der Waals surface area contributed by atoms with Crippen LogP contribution in [-0.2, 0) is 0 Å². The fraction of sp³-hybridized carbons (Fsp3) is 0.250. The average Bonchev–Trinajstić information content (AvgIpc) is 2.87. The van der Waals surface area contributed by atoms with Crippen molar-refractivity contribution in [1.29, 1.82) is 0 Å². The molecule has 174 valence electrons. The first-order valence-corrected chi connectivity index (χ1v) is 14.5. The van der Waals surface area contributed by atoms with Crippen molar-refractivity contribution in [3.05, 3.63) is 119 Å². The van der Waals surface area contributed by atoms with Gasteiger partial charge in [-0.15, -0.1) is 0 Å². The Morgan fingerprint density at radius 1 is 0.529 bits per heavy atom. The highest BCUT2D eigenvalue weighted by molar-refractivity contribution is 8.76. The molecule has 0 aliphatic heterocycles. The van der Waals surface area contributed by atoms with Crippen molar-refractivity contribution in [2.45, 2.75) is 51.0 Å². The van der Waals surface area contributed by atoms with Gasteiger partial charge >= 0.3 is 0 Å². The van der Waals surface area contributed by atoms with Gasteiger partial charge in [0.2, 0.25) is 0 Å². The maximum absolute atomic E-state index is 2.32. The number of benzene rings is 4. The van der Waals surface area contributed by atoms with Gasteiger partial charge in [-0.1, -0.05) is 144 Å². The van der Waals surface area contributed by atoms with Crippen LogP contribution >= 0.6 is 21.6 Å². The van der Waals surface area contributed by atoms with E-state index >= 15 is 0 Å². The van der Waals surface area contributed by atoms with E-state index in [2.05, 4.69) is 125 Å². The second kappa shape index (κ2) is 11.8. The number of hydrogen-bond acceptors (Lipinski definition) is 2. The third-order valence-electron chi connectivity index (χ3n) is 6.30. The zero-order valence-electron chi connectivity index (χ0n) is 20.6. The second-order valence-corrected chi connectivity index (χ2v) is 11.6. The highest BCUT2D eigenvalue weighted by Gasteiger charge is 2.21. The minimum absolute atomic E-state index is 0.446. The summed E-state index contributed by atoms with van der Waals surface area (Å²) in [5.74, 6) is 0. The zero-order valence-corrected chi connectivity index (χ0v) is 22.3. The third kappa shape index (κ3) is 5.79. The fourth-order valence-electron chi connectivity index (χ4n) is 4.52. The molecule has 0 nitrogen and oxygen atoms in total. The molecule has 0 N–H and O–H groups in total. The van der Waals surface area contributed by atoms with E-state index in [9.17, 15) is 0 Å². The van der Waals surface area contributed by atoms with E-state index in [4.69, 9.17) is 0 Å². The molecule has 0 radical (unpaired) electrons. The molecule has 2 atom stereocenters.